The van der Waals surface area contributed by atoms with Crippen molar-refractivity contribution in [1.82, 2.24) is 0 Å². The summed E-state index contributed by atoms with van der Waals surface area (Å²) in [7, 11) is 0. The van der Waals surface area contributed by atoms with Crippen LogP contribution in [0.15, 0.2) is 36.4 Å². The quantitative estimate of drug-likeness (QED) is 0.645. The Morgan fingerprint density at radius 3 is 2.32 bits per heavy atom. The van der Waals surface area contributed by atoms with Crippen molar-refractivity contribution in [3.05, 3.63) is 66.2 Å². The lowest BCUT2D eigenvalue weighted by Crippen LogP contribution is -2.15. The third-order valence-electron chi connectivity index (χ3n) is 2.81. The van der Waals surface area contributed by atoms with Crippen molar-refractivity contribution in [3.63, 3.8) is 0 Å². The maximum Gasteiger partial charge on any atom is 0.0453 e. The van der Waals surface area contributed by atoms with Crippen molar-refractivity contribution in [3.8, 4) is 0 Å². The molecule has 100 valence electrons. The molecule has 0 aromatic heterocycles. The molecule has 1 atom stereocenters. The molecule has 5 heteroatoms. The van der Waals surface area contributed by atoms with E-state index in [4.69, 9.17) is 40.5 Å². The van der Waals surface area contributed by atoms with Gasteiger partial charge in [-0.05, 0) is 70.5 Å². The van der Waals surface area contributed by atoms with E-state index in [9.17, 15) is 0 Å². The molecule has 0 amide bonds. The second-order valence-electron chi connectivity index (χ2n) is 4.21. The van der Waals surface area contributed by atoms with E-state index in [1.807, 2.05) is 30.3 Å². The lowest BCUT2D eigenvalue weighted by Gasteiger charge is -2.15. The van der Waals surface area contributed by atoms with Crippen LogP contribution in [0.3, 0.4) is 0 Å². The number of rotatable bonds is 3. The minimum absolute atomic E-state index is 0.149. The van der Waals surface area contributed by atoms with Gasteiger partial charge >= 0.3 is 0 Å². The molecule has 0 fully saturated rings. The molecule has 0 spiro atoms. The van der Waals surface area contributed by atoms with Crippen LogP contribution in [-0.2, 0) is 6.42 Å². The summed E-state index contributed by atoms with van der Waals surface area (Å²) >= 11 is 20.3. The van der Waals surface area contributed by atoms with Gasteiger partial charge < -0.3 is 5.73 Å². The maximum atomic E-state index is 6.25. The molecule has 2 aromatic rings. The number of hydrogen-bond donors (Lipinski definition) is 1. The Morgan fingerprint density at radius 1 is 1.00 bits per heavy atom. The zero-order valence-electron chi connectivity index (χ0n) is 9.84. The minimum atomic E-state index is -0.149. The normalized spacial score (nSPS) is 12.5. The number of hydrogen-bond acceptors (Lipinski definition) is 1. The van der Waals surface area contributed by atoms with Crippen LogP contribution >= 0.6 is 57.4 Å². The van der Waals surface area contributed by atoms with E-state index in [-0.39, 0.29) is 6.04 Å². The lowest BCUT2D eigenvalue weighted by atomic mass is 10.00. The van der Waals surface area contributed by atoms with Crippen molar-refractivity contribution < 1.29 is 0 Å². The maximum absolute atomic E-state index is 6.25. The molecule has 2 N–H and O–H groups in total. The molecule has 0 aliphatic carbocycles. The van der Waals surface area contributed by atoms with Crippen LogP contribution in [0, 0.1) is 3.57 Å². The van der Waals surface area contributed by atoms with Crippen LogP contribution in [0.5, 0.6) is 0 Å². The van der Waals surface area contributed by atoms with E-state index in [2.05, 4.69) is 22.6 Å². The number of nitrogens with two attached hydrogens (primary N) is 1. The van der Waals surface area contributed by atoms with E-state index in [0.717, 1.165) is 14.7 Å². The molecule has 0 saturated heterocycles. The molecule has 0 heterocycles. The number of benzene rings is 2. The summed E-state index contributed by atoms with van der Waals surface area (Å²) in [6.07, 6.45) is 0.645. The van der Waals surface area contributed by atoms with Crippen LogP contribution < -0.4 is 5.73 Å². The first kappa shape index (κ1) is 15.4. The highest BCUT2D eigenvalue weighted by atomic mass is 127. The first-order chi connectivity index (χ1) is 8.97. The fraction of sp³-hybridized carbons (Fsp3) is 0.143. The Kier molecular flexibility index (Phi) is 5.37. The van der Waals surface area contributed by atoms with Gasteiger partial charge in [-0.25, -0.2) is 0 Å². The van der Waals surface area contributed by atoms with Gasteiger partial charge in [-0.15, -0.1) is 0 Å². The van der Waals surface area contributed by atoms with Gasteiger partial charge in [0.05, 0.1) is 0 Å². The zero-order valence-corrected chi connectivity index (χ0v) is 14.3. The van der Waals surface area contributed by atoms with Crippen LogP contribution in [0.1, 0.15) is 17.2 Å². The van der Waals surface area contributed by atoms with Gasteiger partial charge in [0, 0.05) is 24.7 Å². The third kappa shape index (κ3) is 3.99. The van der Waals surface area contributed by atoms with Crippen molar-refractivity contribution >= 4 is 57.4 Å². The van der Waals surface area contributed by atoms with Gasteiger partial charge in [0.15, 0.2) is 0 Å². The Balaban J connectivity index is 2.25. The van der Waals surface area contributed by atoms with Gasteiger partial charge in [-0.3, -0.25) is 0 Å². The molecule has 0 saturated carbocycles. The number of halogens is 4. The molecule has 1 unspecified atom stereocenters. The van der Waals surface area contributed by atoms with Gasteiger partial charge in [0.2, 0.25) is 0 Å². The van der Waals surface area contributed by atoms with Crippen LogP contribution in [0.2, 0.25) is 15.1 Å². The Hall–Kier alpha value is -0.000000000000000111. The average Bonchev–Trinajstić information content (AvgIpc) is 2.35. The molecule has 2 rings (SSSR count). The Labute approximate surface area is 141 Å². The second-order valence-corrected chi connectivity index (χ2v) is 6.65. The summed E-state index contributed by atoms with van der Waals surface area (Å²) in [5.41, 5.74) is 8.26. The summed E-state index contributed by atoms with van der Waals surface area (Å²) in [6, 6.07) is 11.0. The predicted octanol–water partition coefficient (Wildman–Crippen LogP) is 5.49. The van der Waals surface area contributed by atoms with E-state index in [0.29, 0.717) is 21.5 Å². The van der Waals surface area contributed by atoms with Crippen molar-refractivity contribution in [2.45, 2.75) is 12.5 Å². The fourth-order valence-corrected chi connectivity index (χ4v) is 3.23. The first-order valence-corrected chi connectivity index (χ1v) is 7.83. The summed E-state index contributed by atoms with van der Waals surface area (Å²) in [5, 5.41) is 1.95. The van der Waals surface area contributed by atoms with Gasteiger partial charge in [0.1, 0.15) is 0 Å². The van der Waals surface area contributed by atoms with E-state index in [1.54, 1.807) is 6.07 Å². The fourth-order valence-electron chi connectivity index (χ4n) is 1.83. The average molecular weight is 427 g/mol. The third-order valence-corrected chi connectivity index (χ3v) is 4.62. The smallest absolute Gasteiger partial charge is 0.0453 e. The molecule has 1 nitrogen and oxygen atoms in total. The van der Waals surface area contributed by atoms with E-state index >= 15 is 0 Å². The summed E-state index contributed by atoms with van der Waals surface area (Å²) in [6.45, 7) is 0. The molecule has 2 aromatic carbocycles. The van der Waals surface area contributed by atoms with Crippen molar-refractivity contribution in [2.75, 3.05) is 0 Å². The van der Waals surface area contributed by atoms with Crippen LogP contribution in [-0.4, -0.2) is 0 Å². The molecule has 19 heavy (non-hydrogen) atoms. The Morgan fingerprint density at radius 2 is 1.63 bits per heavy atom. The summed E-state index contributed by atoms with van der Waals surface area (Å²) in [4.78, 5) is 0. The van der Waals surface area contributed by atoms with Gasteiger partial charge in [0.25, 0.3) is 0 Å². The largest absolute Gasteiger partial charge is 0.324 e. The zero-order chi connectivity index (χ0) is 14.0. The SMILES string of the molecule is NC(Cc1ccc(Cl)cc1Cl)c1cc(Cl)ccc1I. The molecule has 0 aliphatic rings. The van der Waals surface area contributed by atoms with E-state index < -0.39 is 0 Å². The summed E-state index contributed by atoms with van der Waals surface area (Å²) < 4.78 is 1.10. The molecular weight excluding hydrogens is 415 g/mol. The monoisotopic (exact) mass is 425 g/mol. The van der Waals surface area contributed by atoms with Gasteiger partial charge in [-0.1, -0.05) is 40.9 Å². The predicted molar refractivity (Wildman–Crippen MR) is 91.3 cm³/mol. The lowest BCUT2D eigenvalue weighted by molar-refractivity contribution is 0.718. The molecule has 0 bridgehead atoms. The first-order valence-electron chi connectivity index (χ1n) is 5.62. The second kappa shape index (κ2) is 6.64. The van der Waals surface area contributed by atoms with E-state index in [1.165, 1.54) is 0 Å². The minimum Gasteiger partial charge on any atom is -0.324 e. The molecule has 0 radical (unpaired) electrons. The highest BCUT2D eigenvalue weighted by Gasteiger charge is 2.13. The van der Waals surface area contributed by atoms with Gasteiger partial charge in [-0.2, -0.15) is 0 Å². The Bertz CT molecular complexity index is 601. The van der Waals surface area contributed by atoms with Crippen LogP contribution in [0.25, 0.3) is 0 Å². The molecule has 0 aliphatic heterocycles. The highest BCUT2D eigenvalue weighted by Crippen LogP contribution is 2.28. The standard InChI is InChI=1S/C14H11Cl3IN/c15-9-3-4-13(18)11(6-9)14(19)5-8-1-2-10(16)7-12(8)17/h1-4,6-7,14H,5,19H2. The van der Waals surface area contributed by atoms with Crippen molar-refractivity contribution in [1.29, 1.82) is 0 Å². The topological polar surface area (TPSA) is 26.0 Å². The summed E-state index contributed by atoms with van der Waals surface area (Å²) in [5.74, 6) is 0. The van der Waals surface area contributed by atoms with Crippen molar-refractivity contribution in [2.24, 2.45) is 5.73 Å². The highest BCUT2D eigenvalue weighted by molar-refractivity contribution is 14.1. The molecular formula is C14H11Cl3IN. The van der Waals surface area contributed by atoms with Crippen LogP contribution in [0.4, 0.5) is 0 Å².